The quantitative estimate of drug-likeness (QED) is 0.786. The lowest BCUT2D eigenvalue weighted by atomic mass is 9.69. The number of piperidine rings is 1. The van der Waals surface area contributed by atoms with E-state index in [0.29, 0.717) is 24.0 Å². The Morgan fingerprint density at radius 2 is 2.19 bits per heavy atom. The molecule has 1 saturated heterocycles. The van der Waals surface area contributed by atoms with Crippen LogP contribution in [0.15, 0.2) is 10.9 Å². The molecule has 1 aromatic heterocycles. The van der Waals surface area contributed by atoms with E-state index < -0.39 is 12.0 Å². The first-order chi connectivity index (χ1) is 10.1. The average molecular weight is 309 g/mol. The zero-order valence-electron chi connectivity index (χ0n) is 11.6. The molecule has 1 aromatic rings. The van der Waals surface area contributed by atoms with Crippen LogP contribution in [0, 0.1) is 11.8 Å². The van der Waals surface area contributed by atoms with Crippen molar-refractivity contribution in [1.29, 1.82) is 0 Å². The van der Waals surface area contributed by atoms with Crippen molar-refractivity contribution in [1.82, 2.24) is 14.1 Å². The third-order valence-corrected chi connectivity index (χ3v) is 5.20. The molecular weight excluding hydrogens is 290 g/mol. The summed E-state index contributed by atoms with van der Waals surface area (Å²) in [5.41, 5.74) is 0.202. The number of fused-ring (bicyclic) bond motifs is 1. The molecule has 0 amide bonds. The normalized spacial score (nSPS) is 33.0. The predicted molar refractivity (Wildman–Crippen MR) is 80.2 cm³/mol. The number of aromatic amines is 1. The molecule has 0 bridgehead atoms. The molecule has 3 rings (SSSR count). The van der Waals surface area contributed by atoms with Gasteiger partial charge >= 0.3 is 5.97 Å². The van der Waals surface area contributed by atoms with Gasteiger partial charge in [0, 0.05) is 17.8 Å². The SMILES string of the molecule is O=C(O)C1CC2CCCCC2C(C=Cc2ns[nH]c2=O)N1. The monoisotopic (exact) mass is 309 g/mol. The number of carboxylic acids is 1. The summed E-state index contributed by atoms with van der Waals surface area (Å²) in [6.45, 7) is 0. The summed E-state index contributed by atoms with van der Waals surface area (Å²) < 4.78 is 6.55. The molecule has 114 valence electrons. The number of aromatic nitrogens is 2. The van der Waals surface area contributed by atoms with Gasteiger partial charge in [-0.05, 0) is 30.8 Å². The van der Waals surface area contributed by atoms with E-state index in [2.05, 4.69) is 14.1 Å². The zero-order valence-corrected chi connectivity index (χ0v) is 12.4. The first-order valence-electron chi connectivity index (χ1n) is 7.36. The van der Waals surface area contributed by atoms with Crippen LogP contribution in [0.5, 0.6) is 0 Å². The molecule has 2 aliphatic rings. The summed E-state index contributed by atoms with van der Waals surface area (Å²) in [6.07, 6.45) is 8.95. The number of H-pyrrole nitrogens is 1. The Kier molecular flexibility index (Phi) is 4.21. The highest BCUT2D eigenvalue weighted by atomic mass is 32.1. The van der Waals surface area contributed by atoms with Crippen molar-refractivity contribution in [3.63, 3.8) is 0 Å². The van der Waals surface area contributed by atoms with Gasteiger partial charge in [0.1, 0.15) is 11.7 Å². The summed E-state index contributed by atoms with van der Waals surface area (Å²) in [4.78, 5) is 22.8. The molecule has 4 atom stereocenters. The number of rotatable bonds is 3. The molecule has 21 heavy (non-hydrogen) atoms. The summed E-state index contributed by atoms with van der Waals surface area (Å²) in [7, 11) is 0. The Morgan fingerprint density at radius 3 is 2.90 bits per heavy atom. The van der Waals surface area contributed by atoms with E-state index in [0.717, 1.165) is 24.6 Å². The van der Waals surface area contributed by atoms with Crippen LogP contribution in [0.3, 0.4) is 0 Å². The summed E-state index contributed by atoms with van der Waals surface area (Å²) in [5.74, 6) is 0.136. The van der Waals surface area contributed by atoms with Gasteiger partial charge < -0.3 is 5.11 Å². The Hall–Kier alpha value is -1.47. The number of hydrogen-bond acceptors (Lipinski definition) is 5. The van der Waals surface area contributed by atoms with Gasteiger partial charge in [-0.1, -0.05) is 25.3 Å². The van der Waals surface area contributed by atoms with E-state index in [-0.39, 0.29) is 11.6 Å². The Balaban J connectivity index is 1.79. The van der Waals surface area contributed by atoms with E-state index in [1.54, 1.807) is 6.08 Å². The Labute approximate surface area is 126 Å². The van der Waals surface area contributed by atoms with Gasteiger partial charge in [-0.15, -0.1) is 0 Å². The average Bonchev–Trinajstić information content (AvgIpc) is 2.89. The van der Waals surface area contributed by atoms with Crippen molar-refractivity contribution in [3.05, 3.63) is 22.1 Å². The Morgan fingerprint density at radius 1 is 1.38 bits per heavy atom. The zero-order chi connectivity index (χ0) is 14.8. The van der Waals surface area contributed by atoms with E-state index in [1.165, 1.54) is 12.8 Å². The van der Waals surface area contributed by atoms with Crippen LogP contribution in [-0.4, -0.2) is 31.9 Å². The lowest BCUT2D eigenvalue weighted by Crippen LogP contribution is -2.54. The van der Waals surface area contributed by atoms with Crippen LogP contribution < -0.4 is 10.9 Å². The number of nitrogens with one attached hydrogen (secondary N) is 2. The third-order valence-electron chi connectivity index (χ3n) is 4.64. The van der Waals surface area contributed by atoms with Crippen LogP contribution in [0.4, 0.5) is 0 Å². The van der Waals surface area contributed by atoms with Gasteiger partial charge in [0.05, 0.1) is 0 Å². The topological polar surface area (TPSA) is 95.1 Å². The predicted octanol–water partition coefficient (Wildman–Crippen LogP) is 1.47. The largest absolute Gasteiger partial charge is 0.480 e. The maximum Gasteiger partial charge on any atom is 0.320 e. The standard InChI is InChI=1S/C14H19N3O3S/c18-13-11(16-21-17-13)6-5-10-9-4-2-1-3-8(9)7-12(15-10)14(19)20/h5-6,8-10,12,15H,1-4,7H2,(H,17,18)(H,19,20). The lowest BCUT2D eigenvalue weighted by molar-refractivity contribution is -0.141. The van der Waals surface area contributed by atoms with Gasteiger partial charge in [-0.2, -0.15) is 4.37 Å². The number of nitrogens with zero attached hydrogens (tertiary/aromatic N) is 1. The molecule has 1 aliphatic carbocycles. The summed E-state index contributed by atoms with van der Waals surface area (Å²) in [5, 5.41) is 12.5. The summed E-state index contributed by atoms with van der Waals surface area (Å²) in [6, 6.07) is -0.487. The van der Waals surface area contributed by atoms with E-state index >= 15 is 0 Å². The lowest BCUT2D eigenvalue weighted by Gasteiger charge is -2.43. The van der Waals surface area contributed by atoms with Gasteiger partial charge in [-0.3, -0.25) is 19.3 Å². The fourth-order valence-corrected chi connectivity index (χ4v) is 4.08. The molecule has 2 fully saturated rings. The Bertz CT molecular complexity index is 594. The summed E-state index contributed by atoms with van der Waals surface area (Å²) >= 11 is 1.03. The van der Waals surface area contributed by atoms with Crippen LogP contribution >= 0.6 is 11.7 Å². The van der Waals surface area contributed by atoms with Gasteiger partial charge in [0.15, 0.2) is 0 Å². The van der Waals surface area contributed by atoms with E-state index in [4.69, 9.17) is 0 Å². The van der Waals surface area contributed by atoms with Gasteiger partial charge in [-0.25, -0.2) is 0 Å². The molecule has 7 heteroatoms. The second-order valence-electron chi connectivity index (χ2n) is 5.89. The molecule has 0 radical (unpaired) electrons. The third kappa shape index (κ3) is 3.08. The number of carboxylic acid groups (broad SMARTS) is 1. The highest BCUT2D eigenvalue weighted by molar-refractivity contribution is 6.99. The second-order valence-corrected chi connectivity index (χ2v) is 6.45. The van der Waals surface area contributed by atoms with E-state index in [9.17, 15) is 14.7 Å². The first-order valence-corrected chi connectivity index (χ1v) is 8.14. The van der Waals surface area contributed by atoms with Crippen molar-refractivity contribution < 1.29 is 9.90 Å². The van der Waals surface area contributed by atoms with Crippen molar-refractivity contribution in [2.75, 3.05) is 0 Å². The van der Waals surface area contributed by atoms with Crippen molar-refractivity contribution >= 4 is 23.8 Å². The molecule has 1 saturated carbocycles. The highest BCUT2D eigenvalue weighted by Gasteiger charge is 2.39. The van der Waals surface area contributed by atoms with Crippen molar-refractivity contribution in [2.45, 2.75) is 44.2 Å². The van der Waals surface area contributed by atoms with E-state index in [1.807, 2.05) is 6.08 Å². The molecule has 1 aliphatic heterocycles. The van der Waals surface area contributed by atoms with Crippen molar-refractivity contribution in [2.24, 2.45) is 11.8 Å². The minimum atomic E-state index is -0.788. The second kappa shape index (κ2) is 6.11. The van der Waals surface area contributed by atoms with Crippen LogP contribution in [0.1, 0.15) is 37.8 Å². The van der Waals surface area contributed by atoms with Crippen LogP contribution in [0.2, 0.25) is 0 Å². The maximum absolute atomic E-state index is 11.5. The smallest absolute Gasteiger partial charge is 0.320 e. The number of carbonyl (C=O) groups is 1. The fraction of sp³-hybridized carbons (Fsp3) is 0.643. The maximum atomic E-state index is 11.5. The molecule has 2 heterocycles. The van der Waals surface area contributed by atoms with Gasteiger partial charge in [0.25, 0.3) is 5.56 Å². The minimum Gasteiger partial charge on any atom is -0.480 e. The van der Waals surface area contributed by atoms with Crippen LogP contribution in [0.25, 0.3) is 6.08 Å². The molecule has 0 aromatic carbocycles. The minimum absolute atomic E-state index is 0.00579. The van der Waals surface area contributed by atoms with Gasteiger partial charge in [0.2, 0.25) is 0 Å². The highest BCUT2D eigenvalue weighted by Crippen LogP contribution is 2.39. The molecule has 3 N–H and O–H groups in total. The fourth-order valence-electron chi connectivity index (χ4n) is 3.61. The molecular formula is C14H19N3O3S. The number of aliphatic carboxylic acids is 1. The van der Waals surface area contributed by atoms with Crippen molar-refractivity contribution in [3.8, 4) is 0 Å². The molecule has 6 nitrogen and oxygen atoms in total. The molecule has 0 spiro atoms. The van der Waals surface area contributed by atoms with Crippen LogP contribution in [-0.2, 0) is 4.79 Å². The molecule has 4 unspecified atom stereocenters. The number of hydrogen-bond donors (Lipinski definition) is 3. The first kappa shape index (κ1) is 14.5.